The molecule has 3 heteroatoms. The van der Waals surface area contributed by atoms with Gasteiger partial charge in [-0.05, 0) is 68.1 Å². The fourth-order valence-corrected chi connectivity index (χ4v) is 3.53. The summed E-state index contributed by atoms with van der Waals surface area (Å²) in [7, 11) is 4.02. The van der Waals surface area contributed by atoms with Crippen molar-refractivity contribution in [1.29, 1.82) is 0 Å². The van der Waals surface area contributed by atoms with Gasteiger partial charge in [-0.15, -0.1) is 0 Å². The summed E-state index contributed by atoms with van der Waals surface area (Å²) >= 11 is 0. The lowest BCUT2D eigenvalue weighted by Gasteiger charge is -2.27. The van der Waals surface area contributed by atoms with E-state index in [4.69, 9.17) is 0 Å². The topological polar surface area (TPSA) is 43.7 Å². The van der Waals surface area contributed by atoms with E-state index in [1.165, 1.54) is 11.1 Å². The van der Waals surface area contributed by atoms with Gasteiger partial charge in [0.2, 0.25) is 0 Å². The van der Waals surface area contributed by atoms with Gasteiger partial charge in [0.15, 0.2) is 0 Å². The number of rotatable bonds is 7. The minimum atomic E-state index is 0.305. The highest BCUT2D eigenvalue weighted by Crippen LogP contribution is 2.39. The second-order valence-electron chi connectivity index (χ2n) is 6.75. The molecule has 0 aliphatic carbocycles. The molecule has 0 amide bonds. The maximum Gasteiger partial charge on any atom is 0.120 e. The number of benzene rings is 2. The minimum Gasteiger partial charge on any atom is -0.508 e. The quantitative estimate of drug-likeness (QED) is 0.764. The standard InChI is InChI=1S/C21H29NO2/c1-5-19(15-7-10-18(23)11-8-15)20(6-2)16-9-12-21(24)17(13-16)14-22(3)4/h7-13,19-20,23-24H,5-6,14H2,1-4H3/t19-,20-/m0/s1. The maximum atomic E-state index is 10.1. The van der Waals surface area contributed by atoms with Crippen molar-refractivity contribution in [2.75, 3.05) is 14.1 Å². The summed E-state index contributed by atoms with van der Waals surface area (Å²) < 4.78 is 0. The normalized spacial score (nSPS) is 13.9. The first kappa shape index (κ1) is 18.3. The van der Waals surface area contributed by atoms with Gasteiger partial charge in [0.05, 0.1) is 0 Å². The van der Waals surface area contributed by atoms with Crippen LogP contribution in [0, 0.1) is 0 Å². The van der Waals surface area contributed by atoms with Gasteiger partial charge in [0.1, 0.15) is 11.5 Å². The predicted molar refractivity (Wildman–Crippen MR) is 99.7 cm³/mol. The van der Waals surface area contributed by atoms with E-state index in [-0.39, 0.29) is 0 Å². The summed E-state index contributed by atoms with van der Waals surface area (Å²) in [5, 5.41) is 19.7. The molecule has 2 N–H and O–H groups in total. The molecule has 130 valence electrons. The highest BCUT2D eigenvalue weighted by atomic mass is 16.3. The molecule has 24 heavy (non-hydrogen) atoms. The molecule has 2 rings (SSSR count). The molecule has 0 aliphatic rings. The van der Waals surface area contributed by atoms with Crippen LogP contribution in [0.5, 0.6) is 11.5 Å². The zero-order valence-corrected chi connectivity index (χ0v) is 15.2. The van der Waals surface area contributed by atoms with E-state index in [2.05, 4.69) is 24.8 Å². The average molecular weight is 327 g/mol. The van der Waals surface area contributed by atoms with Crippen molar-refractivity contribution in [3.05, 3.63) is 59.2 Å². The third-order valence-electron chi connectivity index (χ3n) is 4.70. The molecule has 0 unspecified atom stereocenters. The van der Waals surface area contributed by atoms with Gasteiger partial charge in [0.25, 0.3) is 0 Å². The van der Waals surface area contributed by atoms with E-state index in [1.54, 1.807) is 12.1 Å². The van der Waals surface area contributed by atoms with Crippen LogP contribution in [0.1, 0.15) is 55.2 Å². The van der Waals surface area contributed by atoms with Crippen molar-refractivity contribution in [2.45, 2.75) is 45.1 Å². The molecule has 0 aromatic heterocycles. The Morgan fingerprint density at radius 1 is 0.833 bits per heavy atom. The van der Waals surface area contributed by atoms with Crippen molar-refractivity contribution in [3.63, 3.8) is 0 Å². The van der Waals surface area contributed by atoms with Gasteiger partial charge in [-0.25, -0.2) is 0 Å². The number of aromatic hydroxyl groups is 2. The van der Waals surface area contributed by atoms with Crippen molar-refractivity contribution in [1.82, 2.24) is 4.90 Å². The van der Waals surface area contributed by atoms with E-state index in [1.807, 2.05) is 38.4 Å². The fourth-order valence-electron chi connectivity index (χ4n) is 3.53. The number of nitrogens with zero attached hydrogens (tertiary/aromatic N) is 1. The van der Waals surface area contributed by atoms with E-state index in [0.29, 0.717) is 23.3 Å². The average Bonchev–Trinajstić information content (AvgIpc) is 2.55. The van der Waals surface area contributed by atoms with Crippen molar-refractivity contribution in [3.8, 4) is 11.5 Å². The zero-order chi connectivity index (χ0) is 17.7. The van der Waals surface area contributed by atoms with Crippen LogP contribution in [-0.2, 0) is 6.54 Å². The Morgan fingerprint density at radius 2 is 1.38 bits per heavy atom. The molecule has 0 bridgehead atoms. The van der Waals surface area contributed by atoms with Crippen LogP contribution in [-0.4, -0.2) is 29.2 Å². The van der Waals surface area contributed by atoms with Crippen molar-refractivity contribution < 1.29 is 10.2 Å². The molecule has 2 aromatic rings. The Bertz CT molecular complexity index is 649. The van der Waals surface area contributed by atoms with Crippen LogP contribution >= 0.6 is 0 Å². The van der Waals surface area contributed by atoms with Gasteiger partial charge in [0, 0.05) is 12.1 Å². The van der Waals surface area contributed by atoms with Crippen LogP contribution in [0.2, 0.25) is 0 Å². The Balaban J connectivity index is 2.36. The lowest BCUT2D eigenvalue weighted by Crippen LogP contribution is -2.13. The van der Waals surface area contributed by atoms with Crippen molar-refractivity contribution >= 4 is 0 Å². The smallest absolute Gasteiger partial charge is 0.120 e. The van der Waals surface area contributed by atoms with Gasteiger partial charge in [-0.1, -0.05) is 38.1 Å². The maximum absolute atomic E-state index is 10.1. The summed E-state index contributed by atoms with van der Waals surface area (Å²) in [6.45, 7) is 5.15. The van der Waals surface area contributed by atoms with Gasteiger partial charge < -0.3 is 15.1 Å². The second-order valence-corrected chi connectivity index (χ2v) is 6.75. The molecule has 0 fully saturated rings. The van der Waals surface area contributed by atoms with E-state index in [0.717, 1.165) is 24.9 Å². The largest absolute Gasteiger partial charge is 0.508 e. The number of hydrogen-bond acceptors (Lipinski definition) is 3. The highest BCUT2D eigenvalue weighted by Gasteiger charge is 2.23. The molecule has 3 nitrogen and oxygen atoms in total. The highest BCUT2D eigenvalue weighted by molar-refractivity contribution is 5.39. The Labute approximate surface area is 145 Å². The molecule has 0 saturated carbocycles. The molecule has 0 heterocycles. The van der Waals surface area contributed by atoms with E-state index >= 15 is 0 Å². The van der Waals surface area contributed by atoms with E-state index in [9.17, 15) is 10.2 Å². The third kappa shape index (κ3) is 4.30. The van der Waals surface area contributed by atoms with Gasteiger partial charge in [-0.2, -0.15) is 0 Å². The predicted octanol–water partition coefficient (Wildman–Crippen LogP) is 4.85. The molecule has 0 aliphatic heterocycles. The zero-order valence-electron chi connectivity index (χ0n) is 15.2. The lowest BCUT2D eigenvalue weighted by molar-refractivity contribution is 0.385. The van der Waals surface area contributed by atoms with Gasteiger partial charge in [-0.3, -0.25) is 0 Å². The summed E-state index contributed by atoms with van der Waals surface area (Å²) in [5.41, 5.74) is 3.49. The lowest BCUT2D eigenvalue weighted by atomic mass is 9.78. The minimum absolute atomic E-state index is 0.305. The van der Waals surface area contributed by atoms with Gasteiger partial charge >= 0.3 is 0 Å². The molecule has 0 saturated heterocycles. The molecular weight excluding hydrogens is 298 g/mol. The third-order valence-corrected chi connectivity index (χ3v) is 4.70. The molecule has 2 aromatic carbocycles. The second kappa shape index (κ2) is 8.20. The Morgan fingerprint density at radius 3 is 1.92 bits per heavy atom. The molecule has 0 radical (unpaired) electrons. The van der Waals surface area contributed by atoms with Crippen LogP contribution in [0.25, 0.3) is 0 Å². The summed E-state index contributed by atoms with van der Waals surface area (Å²) in [6.07, 6.45) is 2.07. The van der Waals surface area contributed by atoms with Crippen molar-refractivity contribution in [2.24, 2.45) is 0 Å². The monoisotopic (exact) mass is 327 g/mol. The summed E-state index contributed by atoms with van der Waals surface area (Å²) in [6, 6.07) is 13.6. The first-order valence-corrected chi connectivity index (χ1v) is 8.71. The number of hydrogen-bond donors (Lipinski definition) is 2. The first-order chi connectivity index (χ1) is 11.5. The molecule has 0 spiro atoms. The molecular formula is C21H29NO2. The summed E-state index contributed by atoms with van der Waals surface area (Å²) in [4.78, 5) is 2.07. The first-order valence-electron chi connectivity index (χ1n) is 8.71. The van der Waals surface area contributed by atoms with Crippen LogP contribution in [0.15, 0.2) is 42.5 Å². The van der Waals surface area contributed by atoms with E-state index < -0.39 is 0 Å². The Kier molecular flexibility index (Phi) is 6.27. The SMILES string of the molecule is CC[C@@H](c1ccc(O)cc1)[C@@H](CC)c1ccc(O)c(CN(C)C)c1. The number of phenolic OH excluding ortho intramolecular Hbond substituents is 2. The fraction of sp³-hybridized carbons (Fsp3) is 0.429. The van der Waals surface area contributed by atoms with Crippen LogP contribution < -0.4 is 0 Å². The van der Waals surface area contributed by atoms with Crippen LogP contribution in [0.3, 0.4) is 0 Å². The number of phenols is 2. The molecule has 2 atom stereocenters. The summed E-state index contributed by atoms with van der Waals surface area (Å²) in [5.74, 6) is 1.45. The Hall–Kier alpha value is -2.00. The van der Waals surface area contributed by atoms with Crippen LogP contribution in [0.4, 0.5) is 0 Å².